The highest BCUT2D eigenvalue weighted by atomic mass is 16.2. The molecule has 6 nitrogen and oxygen atoms in total. The highest BCUT2D eigenvalue weighted by Gasteiger charge is 2.07. The van der Waals surface area contributed by atoms with Crippen LogP contribution in [0.15, 0.2) is 47.5 Å². The standard InChI is InChI=1S/C14H14N4O2/c19-13(11-9-16-14(20)17-11)15-6-8-18-7-5-10-3-1-2-4-12(10)18/h1-5,7,9H,6,8H2,(H,15,19)(H2,16,17,20). The first-order valence-electron chi connectivity index (χ1n) is 6.34. The summed E-state index contributed by atoms with van der Waals surface area (Å²) in [7, 11) is 0. The van der Waals surface area contributed by atoms with Gasteiger partial charge < -0.3 is 19.9 Å². The summed E-state index contributed by atoms with van der Waals surface area (Å²) in [5.74, 6) is -0.292. The number of hydrogen-bond donors (Lipinski definition) is 3. The van der Waals surface area contributed by atoms with E-state index in [1.807, 2.05) is 30.5 Å². The maximum atomic E-state index is 11.7. The van der Waals surface area contributed by atoms with Crippen LogP contribution >= 0.6 is 0 Å². The molecule has 3 N–H and O–H groups in total. The first-order chi connectivity index (χ1) is 9.74. The average Bonchev–Trinajstić information content (AvgIpc) is 3.06. The van der Waals surface area contributed by atoms with Gasteiger partial charge in [0, 0.05) is 31.0 Å². The van der Waals surface area contributed by atoms with E-state index >= 15 is 0 Å². The number of nitrogens with one attached hydrogen (secondary N) is 3. The number of para-hydroxylation sites is 1. The number of amides is 1. The van der Waals surface area contributed by atoms with Gasteiger partial charge in [-0.05, 0) is 17.5 Å². The summed E-state index contributed by atoms with van der Waals surface area (Å²) in [6.45, 7) is 1.17. The molecule has 0 saturated heterocycles. The van der Waals surface area contributed by atoms with E-state index in [0.717, 1.165) is 5.52 Å². The van der Waals surface area contributed by atoms with Gasteiger partial charge in [-0.25, -0.2) is 4.79 Å². The number of carbonyl (C=O) groups excluding carboxylic acids is 1. The molecule has 2 heterocycles. The molecule has 0 aliphatic heterocycles. The summed E-state index contributed by atoms with van der Waals surface area (Å²) < 4.78 is 2.08. The van der Waals surface area contributed by atoms with Crippen LogP contribution in [0.2, 0.25) is 0 Å². The molecule has 0 saturated carbocycles. The zero-order valence-electron chi connectivity index (χ0n) is 10.7. The number of aromatic nitrogens is 3. The predicted octanol–water partition coefficient (Wildman–Crippen LogP) is 1.09. The minimum atomic E-state index is -0.383. The van der Waals surface area contributed by atoms with Gasteiger partial charge in [0.25, 0.3) is 5.91 Å². The Bertz CT molecular complexity index is 796. The second-order valence-electron chi connectivity index (χ2n) is 4.48. The van der Waals surface area contributed by atoms with Crippen LogP contribution in [0.4, 0.5) is 0 Å². The number of nitrogens with zero attached hydrogens (tertiary/aromatic N) is 1. The van der Waals surface area contributed by atoms with Crippen molar-refractivity contribution in [3.8, 4) is 0 Å². The topological polar surface area (TPSA) is 82.7 Å². The van der Waals surface area contributed by atoms with Gasteiger partial charge in [-0.2, -0.15) is 0 Å². The molecular weight excluding hydrogens is 256 g/mol. The van der Waals surface area contributed by atoms with Crippen molar-refractivity contribution < 1.29 is 4.79 Å². The zero-order chi connectivity index (χ0) is 13.9. The van der Waals surface area contributed by atoms with Crippen LogP contribution in [0.1, 0.15) is 10.5 Å². The Labute approximate surface area is 114 Å². The van der Waals surface area contributed by atoms with E-state index in [9.17, 15) is 9.59 Å². The Kier molecular flexibility index (Phi) is 3.12. The number of H-pyrrole nitrogens is 2. The minimum absolute atomic E-state index is 0.243. The molecule has 1 aromatic carbocycles. The number of rotatable bonds is 4. The van der Waals surface area contributed by atoms with E-state index in [1.54, 1.807) is 0 Å². The Morgan fingerprint density at radius 3 is 2.90 bits per heavy atom. The van der Waals surface area contributed by atoms with Crippen molar-refractivity contribution in [1.29, 1.82) is 0 Å². The summed E-state index contributed by atoms with van der Waals surface area (Å²) >= 11 is 0. The van der Waals surface area contributed by atoms with E-state index in [0.29, 0.717) is 13.1 Å². The molecule has 0 aliphatic carbocycles. The second-order valence-corrected chi connectivity index (χ2v) is 4.48. The number of aromatic amines is 2. The Morgan fingerprint density at radius 1 is 1.25 bits per heavy atom. The molecule has 0 fully saturated rings. The molecule has 0 aliphatic rings. The quantitative estimate of drug-likeness (QED) is 0.663. The predicted molar refractivity (Wildman–Crippen MR) is 75.7 cm³/mol. The molecule has 6 heteroatoms. The SMILES string of the molecule is O=C(NCCn1ccc2ccccc21)c1c[nH]c(=O)[nH]1. The van der Waals surface area contributed by atoms with Crippen LogP contribution in [-0.4, -0.2) is 27.0 Å². The molecule has 0 atom stereocenters. The van der Waals surface area contributed by atoms with Crippen molar-refractivity contribution in [2.45, 2.75) is 6.54 Å². The third-order valence-corrected chi connectivity index (χ3v) is 3.16. The van der Waals surface area contributed by atoms with Gasteiger partial charge in [-0.3, -0.25) is 4.79 Å². The molecule has 102 valence electrons. The second kappa shape index (κ2) is 5.08. The van der Waals surface area contributed by atoms with Crippen LogP contribution in [0.3, 0.4) is 0 Å². The van der Waals surface area contributed by atoms with Gasteiger partial charge in [0.1, 0.15) is 5.69 Å². The van der Waals surface area contributed by atoms with Crippen molar-refractivity contribution in [3.63, 3.8) is 0 Å². The van der Waals surface area contributed by atoms with E-state index in [4.69, 9.17) is 0 Å². The van der Waals surface area contributed by atoms with Crippen molar-refractivity contribution >= 4 is 16.8 Å². The lowest BCUT2D eigenvalue weighted by molar-refractivity contribution is 0.0948. The van der Waals surface area contributed by atoms with Crippen LogP contribution < -0.4 is 11.0 Å². The zero-order valence-corrected chi connectivity index (χ0v) is 10.7. The largest absolute Gasteiger partial charge is 0.349 e. The lowest BCUT2D eigenvalue weighted by Crippen LogP contribution is -2.27. The van der Waals surface area contributed by atoms with Gasteiger partial charge in [-0.1, -0.05) is 18.2 Å². The normalized spacial score (nSPS) is 10.8. The fourth-order valence-corrected chi connectivity index (χ4v) is 2.18. The van der Waals surface area contributed by atoms with Crippen molar-refractivity contribution in [2.24, 2.45) is 0 Å². The number of carbonyl (C=O) groups is 1. The summed E-state index contributed by atoms with van der Waals surface area (Å²) in [6, 6.07) is 10.1. The maximum absolute atomic E-state index is 11.7. The van der Waals surface area contributed by atoms with Crippen molar-refractivity contribution in [1.82, 2.24) is 19.9 Å². The van der Waals surface area contributed by atoms with E-state index in [-0.39, 0.29) is 17.3 Å². The molecule has 0 unspecified atom stereocenters. The first-order valence-corrected chi connectivity index (χ1v) is 6.34. The lowest BCUT2D eigenvalue weighted by Gasteiger charge is -2.06. The molecule has 0 bridgehead atoms. The number of hydrogen-bond acceptors (Lipinski definition) is 2. The van der Waals surface area contributed by atoms with Gasteiger partial charge >= 0.3 is 5.69 Å². The summed E-state index contributed by atoms with van der Waals surface area (Å²) in [5, 5.41) is 3.94. The third-order valence-electron chi connectivity index (χ3n) is 3.16. The van der Waals surface area contributed by atoms with Gasteiger partial charge in [0.15, 0.2) is 0 Å². The minimum Gasteiger partial charge on any atom is -0.349 e. The van der Waals surface area contributed by atoms with E-state index in [2.05, 4.69) is 25.9 Å². The fraction of sp³-hybridized carbons (Fsp3) is 0.143. The first kappa shape index (κ1) is 12.3. The summed E-state index contributed by atoms with van der Waals surface area (Å²) in [4.78, 5) is 27.5. The number of fused-ring (bicyclic) bond motifs is 1. The summed E-state index contributed by atoms with van der Waals surface area (Å²) in [5.41, 5.74) is 0.996. The lowest BCUT2D eigenvalue weighted by atomic mass is 10.2. The monoisotopic (exact) mass is 270 g/mol. The maximum Gasteiger partial charge on any atom is 0.323 e. The molecule has 2 aromatic heterocycles. The Morgan fingerprint density at radius 2 is 2.10 bits per heavy atom. The third kappa shape index (κ3) is 2.35. The Balaban J connectivity index is 1.63. The highest BCUT2D eigenvalue weighted by Crippen LogP contribution is 2.14. The number of benzene rings is 1. The molecule has 20 heavy (non-hydrogen) atoms. The molecular formula is C14H14N4O2. The van der Waals surface area contributed by atoms with Crippen LogP contribution in [0.25, 0.3) is 10.9 Å². The smallest absolute Gasteiger partial charge is 0.323 e. The molecule has 1 amide bonds. The van der Waals surface area contributed by atoms with Crippen LogP contribution in [-0.2, 0) is 6.54 Å². The molecule has 3 rings (SSSR count). The van der Waals surface area contributed by atoms with E-state index in [1.165, 1.54) is 11.6 Å². The van der Waals surface area contributed by atoms with Crippen LogP contribution in [0, 0.1) is 0 Å². The molecule has 3 aromatic rings. The number of imidazole rings is 1. The summed E-state index contributed by atoms with van der Waals surface area (Å²) in [6.07, 6.45) is 3.36. The molecule has 0 spiro atoms. The van der Waals surface area contributed by atoms with Crippen molar-refractivity contribution in [3.05, 3.63) is 58.9 Å². The van der Waals surface area contributed by atoms with Gasteiger partial charge in [0.2, 0.25) is 0 Å². The van der Waals surface area contributed by atoms with E-state index < -0.39 is 0 Å². The Hall–Kier alpha value is -2.76. The molecule has 0 radical (unpaired) electrons. The van der Waals surface area contributed by atoms with Gasteiger partial charge in [-0.15, -0.1) is 0 Å². The van der Waals surface area contributed by atoms with Gasteiger partial charge in [0.05, 0.1) is 0 Å². The fourth-order valence-electron chi connectivity index (χ4n) is 2.18. The van der Waals surface area contributed by atoms with Crippen LogP contribution in [0.5, 0.6) is 0 Å². The highest BCUT2D eigenvalue weighted by molar-refractivity contribution is 5.91. The van der Waals surface area contributed by atoms with Crippen molar-refractivity contribution in [2.75, 3.05) is 6.54 Å². The average molecular weight is 270 g/mol.